The smallest absolute Gasteiger partial charge is 0.341 e. The highest BCUT2D eigenvalue weighted by molar-refractivity contribution is 6.09. The molecule has 3 heterocycles. The maximum absolute atomic E-state index is 12.9. The molecular formula is C18H20N6O3. The minimum Gasteiger partial charge on any atom is -0.477 e. The van der Waals surface area contributed by atoms with E-state index in [0.717, 1.165) is 50.2 Å². The maximum atomic E-state index is 12.9. The van der Waals surface area contributed by atoms with Crippen molar-refractivity contribution in [2.45, 2.75) is 18.9 Å². The van der Waals surface area contributed by atoms with Crippen LogP contribution in [-0.4, -0.2) is 69.2 Å². The molecule has 1 saturated heterocycles. The summed E-state index contributed by atoms with van der Waals surface area (Å²) in [6.45, 7) is 3.63. The Balaban J connectivity index is 1.82. The molecule has 0 spiro atoms. The molecule has 2 fully saturated rings. The van der Waals surface area contributed by atoms with Crippen molar-refractivity contribution in [2.75, 3.05) is 38.1 Å². The van der Waals surface area contributed by atoms with Crippen LogP contribution in [0.2, 0.25) is 0 Å². The standard InChI is InChI=1S/C18H20N6O3/c1-22-4-6-23(7-5-22)13-8-12-14(16-15(13)19-21-20-16)17(25)11(18(26)27)9-24(12)10-2-3-10/h8-10H,2-7H2,1H3,(H,26,27)(H,19,20,21). The van der Waals surface area contributed by atoms with Crippen LogP contribution < -0.4 is 10.3 Å². The molecule has 1 aliphatic carbocycles. The molecule has 0 atom stereocenters. The molecule has 1 aromatic carbocycles. The number of likely N-dealkylation sites (N-methyl/N-ethyl adjacent to an activating group) is 1. The first kappa shape index (κ1) is 16.2. The molecule has 0 unspecified atom stereocenters. The quantitative estimate of drug-likeness (QED) is 0.712. The van der Waals surface area contributed by atoms with Crippen molar-refractivity contribution < 1.29 is 9.90 Å². The number of H-pyrrole nitrogens is 1. The van der Waals surface area contributed by atoms with Gasteiger partial charge < -0.3 is 19.5 Å². The first-order valence-corrected chi connectivity index (χ1v) is 9.13. The average molecular weight is 368 g/mol. The highest BCUT2D eigenvalue weighted by atomic mass is 16.4. The lowest BCUT2D eigenvalue weighted by Crippen LogP contribution is -2.44. The molecule has 0 bridgehead atoms. The van der Waals surface area contributed by atoms with E-state index in [0.29, 0.717) is 16.4 Å². The molecule has 2 aliphatic rings. The van der Waals surface area contributed by atoms with Gasteiger partial charge in [0, 0.05) is 38.4 Å². The lowest BCUT2D eigenvalue weighted by atomic mass is 10.1. The predicted molar refractivity (Wildman–Crippen MR) is 101 cm³/mol. The number of aromatic carboxylic acids is 1. The van der Waals surface area contributed by atoms with Crippen LogP contribution in [0.15, 0.2) is 17.1 Å². The van der Waals surface area contributed by atoms with Crippen LogP contribution in [0.4, 0.5) is 5.69 Å². The zero-order valence-corrected chi connectivity index (χ0v) is 15.0. The molecular weight excluding hydrogens is 348 g/mol. The molecule has 140 valence electrons. The van der Waals surface area contributed by atoms with E-state index >= 15 is 0 Å². The van der Waals surface area contributed by atoms with Crippen LogP contribution in [0.5, 0.6) is 0 Å². The van der Waals surface area contributed by atoms with E-state index in [1.54, 1.807) is 0 Å². The Labute approximate surface area is 154 Å². The summed E-state index contributed by atoms with van der Waals surface area (Å²) in [7, 11) is 2.10. The third kappa shape index (κ3) is 2.49. The summed E-state index contributed by atoms with van der Waals surface area (Å²) in [5, 5.41) is 21.0. The monoisotopic (exact) mass is 368 g/mol. The van der Waals surface area contributed by atoms with Gasteiger partial charge >= 0.3 is 5.97 Å². The Morgan fingerprint density at radius 1 is 1.19 bits per heavy atom. The van der Waals surface area contributed by atoms with Gasteiger partial charge in [0.05, 0.1) is 16.6 Å². The Kier molecular flexibility index (Phi) is 3.48. The average Bonchev–Trinajstić information content (AvgIpc) is 3.37. The van der Waals surface area contributed by atoms with Crippen molar-refractivity contribution in [2.24, 2.45) is 0 Å². The van der Waals surface area contributed by atoms with Crippen molar-refractivity contribution in [1.29, 1.82) is 0 Å². The number of hydrogen-bond acceptors (Lipinski definition) is 6. The number of carboxylic acids is 1. The van der Waals surface area contributed by atoms with Crippen molar-refractivity contribution >= 4 is 33.6 Å². The van der Waals surface area contributed by atoms with E-state index in [4.69, 9.17) is 0 Å². The van der Waals surface area contributed by atoms with E-state index < -0.39 is 11.4 Å². The molecule has 1 aliphatic heterocycles. The number of piperazine rings is 1. The lowest BCUT2D eigenvalue weighted by molar-refractivity contribution is 0.0695. The second-order valence-corrected chi connectivity index (χ2v) is 7.42. The minimum absolute atomic E-state index is 0.217. The normalized spacial score (nSPS) is 18.5. The summed E-state index contributed by atoms with van der Waals surface area (Å²) in [5.41, 5.74) is 2.03. The van der Waals surface area contributed by atoms with Gasteiger partial charge in [0.25, 0.3) is 0 Å². The van der Waals surface area contributed by atoms with Crippen molar-refractivity contribution in [3.8, 4) is 0 Å². The SMILES string of the molecule is CN1CCN(c2cc3c(c(=O)c(C(=O)O)cn3C3CC3)c3n[nH]nc23)CC1. The number of benzene rings is 1. The third-order valence-corrected chi connectivity index (χ3v) is 5.59. The highest BCUT2D eigenvalue weighted by Gasteiger charge is 2.29. The fourth-order valence-corrected chi connectivity index (χ4v) is 3.90. The number of carboxylic acid groups (broad SMARTS) is 1. The molecule has 0 radical (unpaired) electrons. The van der Waals surface area contributed by atoms with E-state index in [1.165, 1.54) is 6.20 Å². The molecule has 2 N–H and O–H groups in total. The summed E-state index contributed by atoms with van der Waals surface area (Å²) in [6, 6.07) is 2.22. The van der Waals surface area contributed by atoms with Crippen molar-refractivity contribution in [3.05, 3.63) is 28.0 Å². The van der Waals surface area contributed by atoms with Crippen LogP contribution in [0.25, 0.3) is 21.9 Å². The number of carbonyl (C=O) groups is 1. The minimum atomic E-state index is -1.21. The summed E-state index contributed by atoms with van der Waals surface area (Å²) < 4.78 is 1.94. The largest absolute Gasteiger partial charge is 0.477 e. The number of fused-ring (bicyclic) bond motifs is 3. The number of aromatic amines is 1. The molecule has 1 saturated carbocycles. The molecule has 27 heavy (non-hydrogen) atoms. The van der Waals surface area contributed by atoms with Crippen LogP contribution in [0.1, 0.15) is 29.2 Å². The molecule has 9 nitrogen and oxygen atoms in total. The highest BCUT2D eigenvalue weighted by Crippen LogP contribution is 2.39. The fourth-order valence-electron chi connectivity index (χ4n) is 3.90. The summed E-state index contributed by atoms with van der Waals surface area (Å²) in [6.07, 6.45) is 3.46. The first-order chi connectivity index (χ1) is 13.0. The molecule has 3 aromatic rings. The Morgan fingerprint density at radius 3 is 2.56 bits per heavy atom. The number of anilines is 1. The Morgan fingerprint density at radius 2 is 1.89 bits per heavy atom. The van der Waals surface area contributed by atoms with E-state index in [1.807, 2.05) is 10.6 Å². The second-order valence-electron chi connectivity index (χ2n) is 7.42. The molecule has 5 rings (SSSR count). The first-order valence-electron chi connectivity index (χ1n) is 9.13. The zero-order valence-electron chi connectivity index (χ0n) is 15.0. The van der Waals surface area contributed by atoms with Gasteiger partial charge in [-0.2, -0.15) is 15.4 Å². The van der Waals surface area contributed by atoms with Gasteiger partial charge in [-0.1, -0.05) is 0 Å². The lowest BCUT2D eigenvalue weighted by Gasteiger charge is -2.34. The molecule has 0 amide bonds. The summed E-state index contributed by atoms with van der Waals surface area (Å²) >= 11 is 0. The van der Waals surface area contributed by atoms with E-state index in [-0.39, 0.29) is 11.6 Å². The number of rotatable bonds is 3. The van der Waals surface area contributed by atoms with Crippen molar-refractivity contribution in [1.82, 2.24) is 24.9 Å². The van der Waals surface area contributed by atoms with Gasteiger partial charge in [-0.05, 0) is 26.0 Å². The van der Waals surface area contributed by atoms with E-state index in [9.17, 15) is 14.7 Å². The van der Waals surface area contributed by atoms with Crippen molar-refractivity contribution in [3.63, 3.8) is 0 Å². The Hall–Kier alpha value is -2.94. The van der Waals surface area contributed by atoms with Gasteiger partial charge in [-0.25, -0.2) is 4.79 Å². The molecule has 9 heteroatoms. The Bertz CT molecular complexity index is 1120. The number of nitrogens with one attached hydrogen (secondary N) is 1. The van der Waals surface area contributed by atoms with Crippen LogP contribution in [0, 0.1) is 0 Å². The predicted octanol–water partition coefficient (Wildman–Crippen LogP) is 1.06. The second kappa shape index (κ2) is 5.78. The number of nitrogens with zero attached hydrogens (tertiary/aromatic N) is 5. The van der Waals surface area contributed by atoms with Crippen LogP contribution in [-0.2, 0) is 0 Å². The van der Waals surface area contributed by atoms with Gasteiger partial charge in [-0.15, -0.1) is 0 Å². The van der Waals surface area contributed by atoms with Crippen LogP contribution in [0.3, 0.4) is 0 Å². The topological polar surface area (TPSA) is 107 Å². The number of pyridine rings is 1. The van der Waals surface area contributed by atoms with Gasteiger partial charge in [0.15, 0.2) is 0 Å². The van der Waals surface area contributed by atoms with Gasteiger partial charge in [-0.3, -0.25) is 4.79 Å². The number of hydrogen-bond donors (Lipinski definition) is 2. The maximum Gasteiger partial charge on any atom is 0.341 e. The fraction of sp³-hybridized carbons (Fsp3) is 0.444. The van der Waals surface area contributed by atoms with Gasteiger partial charge in [0.2, 0.25) is 5.43 Å². The summed E-state index contributed by atoms with van der Waals surface area (Å²) in [5.74, 6) is -1.21. The van der Waals surface area contributed by atoms with Gasteiger partial charge in [0.1, 0.15) is 16.6 Å². The molecule has 2 aromatic heterocycles. The third-order valence-electron chi connectivity index (χ3n) is 5.59. The van der Waals surface area contributed by atoms with Crippen LogP contribution >= 0.6 is 0 Å². The summed E-state index contributed by atoms with van der Waals surface area (Å²) in [4.78, 5) is 29.1. The van der Waals surface area contributed by atoms with E-state index in [2.05, 4.69) is 32.3 Å². The zero-order chi connectivity index (χ0) is 18.7. The number of aromatic nitrogens is 4.